The highest BCUT2D eigenvalue weighted by molar-refractivity contribution is 5.80. The maximum absolute atomic E-state index is 11.8. The molecule has 1 saturated carbocycles. The Hall–Kier alpha value is -0.650. The number of aliphatic carboxylic acids is 1. The highest BCUT2D eigenvalue weighted by atomic mass is 16.4. The Bertz CT molecular complexity index is 338. The van der Waals surface area contributed by atoms with Gasteiger partial charge in [-0.25, -0.2) is 0 Å². The summed E-state index contributed by atoms with van der Waals surface area (Å²) in [5.41, 5.74) is -0.753. The number of rotatable bonds is 7. The molecule has 0 amide bonds. The molecule has 0 bridgehead atoms. The summed E-state index contributed by atoms with van der Waals surface area (Å²) in [6.07, 6.45) is 4.37. The molecule has 20 heavy (non-hydrogen) atoms. The SMILES string of the molecule is CCN1CCC(N(C)CC(NC)(C(=O)O)C2CC2)CC1. The van der Waals surface area contributed by atoms with E-state index in [1.165, 1.54) is 0 Å². The Labute approximate surface area is 122 Å². The third-order valence-corrected chi connectivity index (χ3v) is 5.23. The zero-order valence-electron chi connectivity index (χ0n) is 13.1. The number of carboxylic acid groups (broad SMARTS) is 1. The minimum atomic E-state index is -0.753. The Morgan fingerprint density at radius 3 is 2.35 bits per heavy atom. The molecule has 0 spiro atoms. The number of hydrogen-bond donors (Lipinski definition) is 2. The van der Waals surface area contributed by atoms with Gasteiger partial charge in [0.25, 0.3) is 0 Å². The van der Waals surface area contributed by atoms with Gasteiger partial charge in [-0.15, -0.1) is 0 Å². The van der Waals surface area contributed by atoms with E-state index < -0.39 is 11.5 Å². The van der Waals surface area contributed by atoms with Crippen LogP contribution in [0.15, 0.2) is 0 Å². The van der Waals surface area contributed by atoms with E-state index in [0.29, 0.717) is 18.5 Å². The molecule has 2 aliphatic rings. The lowest BCUT2D eigenvalue weighted by molar-refractivity contribution is -0.147. The molecule has 0 radical (unpaired) electrons. The van der Waals surface area contributed by atoms with Gasteiger partial charge in [0.1, 0.15) is 5.54 Å². The summed E-state index contributed by atoms with van der Waals surface area (Å²) in [5, 5.41) is 12.8. The first-order chi connectivity index (χ1) is 9.53. The van der Waals surface area contributed by atoms with Gasteiger partial charge >= 0.3 is 5.97 Å². The van der Waals surface area contributed by atoms with Crippen LogP contribution in [0.3, 0.4) is 0 Å². The third kappa shape index (κ3) is 3.15. The van der Waals surface area contributed by atoms with Crippen molar-refractivity contribution < 1.29 is 9.90 Å². The summed E-state index contributed by atoms with van der Waals surface area (Å²) < 4.78 is 0. The number of likely N-dealkylation sites (N-methyl/N-ethyl adjacent to an activating group) is 2. The number of nitrogens with one attached hydrogen (secondary N) is 1. The van der Waals surface area contributed by atoms with Crippen LogP contribution in [0.5, 0.6) is 0 Å². The summed E-state index contributed by atoms with van der Waals surface area (Å²) in [6, 6.07) is 0.517. The maximum Gasteiger partial charge on any atom is 0.325 e. The molecule has 5 nitrogen and oxygen atoms in total. The molecule has 116 valence electrons. The minimum Gasteiger partial charge on any atom is -0.480 e. The predicted molar refractivity (Wildman–Crippen MR) is 79.9 cm³/mol. The summed E-state index contributed by atoms with van der Waals surface area (Å²) in [5.74, 6) is -0.400. The van der Waals surface area contributed by atoms with Gasteiger partial charge in [-0.3, -0.25) is 4.79 Å². The molecule has 1 unspecified atom stereocenters. The smallest absolute Gasteiger partial charge is 0.325 e. The van der Waals surface area contributed by atoms with Gasteiger partial charge in [0.2, 0.25) is 0 Å². The fraction of sp³-hybridized carbons (Fsp3) is 0.933. The first kappa shape index (κ1) is 15.7. The molecular formula is C15H29N3O2. The van der Waals surface area contributed by atoms with E-state index in [1.807, 2.05) is 0 Å². The normalized spacial score (nSPS) is 24.8. The topological polar surface area (TPSA) is 55.8 Å². The first-order valence-corrected chi connectivity index (χ1v) is 7.88. The van der Waals surface area contributed by atoms with Crippen molar-refractivity contribution >= 4 is 5.97 Å². The summed E-state index contributed by atoms with van der Waals surface area (Å²) in [6.45, 7) is 6.20. The lowest BCUT2D eigenvalue weighted by atomic mass is 9.91. The third-order valence-electron chi connectivity index (χ3n) is 5.23. The summed E-state index contributed by atoms with van der Waals surface area (Å²) >= 11 is 0. The quantitative estimate of drug-likeness (QED) is 0.726. The number of likely N-dealkylation sites (tertiary alicyclic amines) is 1. The second-order valence-corrected chi connectivity index (χ2v) is 6.38. The lowest BCUT2D eigenvalue weighted by Gasteiger charge is -2.40. The van der Waals surface area contributed by atoms with Gasteiger partial charge in [0.15, 0.2) is 0 Å². The molecule has 1 aliphatic heterocycles. The van der Waals surface area contributed by atoms with Crippen molar-refractivity contribution in [2.75, 3.05) is 40.3 Å². The van der Waals surface area contributed by atoms with Gasteiger partial charge < -0.3 is 20.2 Å². The molecule has 1 aliphatic carbocycles. The molecular weight excluding hydrogens is 254 g/mol. The maximum atomic E-state index is 11.8. The number of nitrogens with zero attached hydrogens (tertiary/aromatic N) is 2. The van der Waals surface area contributed by atoms with Crippen molar-refractivity contribution in [3.8, 4) is 0 Å². The zero-order chi connectivity index (χ0) is 14.8. The van der Waals surface area contributed by atoms with E-state index in [1.54, 1.807) is 7.05 Å². The molecule has 5 heteroatoms. The fourth-order valence-corrected chi connectivity index (χ4v) is 3.54. The van der Waals surface area contributed by atoms with E-state index in [4.69, 9.17) is 0 Å². The first-order valence-electron chi connectivity index (χ1n) is 7.88. The van der Waals surface area contributed by atoms with Crippen molar-refractivity contribution in [3.05, 3.63) is 0 Å². The van der Waals surface area contributed by atoms with Gasteiger partial charge in [0.05, 0.1) is 0 Å². The van der Waals surface area contributed by atoms with Crippen molar-refractivity contribution in [3.63, 3.8) is 0 Å². The zero-order valence-corrected chi connectivity index (χ0v) is 13.1. The highest BCUT2D eigenvalue weighted by Gasteiger charge is 2.51. The predicted octanol–water partition coefficient (Wildman–Crippen LogP) is 0.855. The number of carbonyl (C=O) groups is 1. The number of hydrogen-bond acceptors (Lipinski definition) is 4. The number of piperidine rings is 1. The molecule has 0 aromatic rings. The van der Waals surface area contributed by atoms with Gasteiger partial charge in [-0.2, -0.15) is 0 Å². The second kappa shape index (κ2) is 6.41. The average molecular weight is 283 g/mol. The van der Waals surface area contributed by atoms with Crippen LogP contribution in [0.2, 0.25) is 0 Å². The van der Waals surface area contributed by atoms with Crippen LogP contribution in [0.1, 0.15) is 32.6 Å². The average Bonchev–Trinajstić information content (AvgIpc) is 3.29. The largest absolute Gasteiger partial charge is 0.480 e. The lowest BCUT2D eigenvalue weighted by Crippen LogP contribution is -2.60. The van der Waals surface area contributed by atoms with E-state index in [-0.39, 0.29) is 0 Å². The Morgan fingerprint density at radius 2 is 1.95 bits per heavy atom. The summed E-state index contributed by atoms with van der Waals surface area (Å²) in [7, 11) is 3.88. The number of carboxylic acids is 1. The van der Waals surface area contributed by atoms with Crippen molar-refractivity contribution in [2.45, 2.75) is 44.2 Å². The van der Waals surface area contributed by atoms with Gasteiger partial charge in [-0.05, 0) is 65.3 Å². The van der Waals surface area contributed by atoms with Crippen LogP contribution in [0.4, 0.5) is 0 Å². The molecule has 2 N–H and O–H groups in total. The monoisotopic (exact) mass is 283 g/mol. The van der Waals surface area contributed by atoms with E-state index in [0.717, 1.165) is 45.3 Å². The molecule has 2 fully saturated rings. The van der Waals surface area contributed by atoms with Gasteiger partial charge in [0, 0.05) is 12.6 Å². The summed E-state index contributed by atoms with van der Waals surface area (Å²) in [4.78, 5) is 16.5. The van der Waals surface area contributed by atoms with E-state index in [9.17, 15) is 9.90 Å². The van der Waals surface area contributed by atoms with Crippen LogP contribution in [-0.2, 0) is 4.79 Å². The molecule has 2 rings (SSSR count). The molecule has 1 atom stereocenters. The molecule has 0 aromatic carbocycles. The minimum absolute atomic E-state index is 0.295. The Kier molecular flexibility index (Phi) is 5.04. The highest BCUT2D eigenvalue weighted by Crippen LogP contribution is 2.40. The Balaban J connectivity index is 1.95. The molecule has 1 heterocycles. The van der Waals surface area contributed by atoms with E-state index >= 15 is 0 Å². The van der Waals surface area contributed by atoms with Crippen molar-refractivity contribution in [1.82, 2.24) is 15.1 Å². The standard InChI is InChI=1S/C15H29N3O2/c1-4-18-9-7-13(8-10-18)17(3)11-15(16-2,14(19)20)12-5-6-12/h12-13,16H,4-11H2,1-3H3,(H,19,20). The fourth-order valence-electron chi connectivity index (χ4n) is 3.54. The van der Waals surface area contributed by atoms with Crippen LogP contribution in [0, 0.1) is 5.92 Å². The molecule has 0 aromatic heterocycles. The van der Waals surface area contributed by atoms with Crippen LogP contribution >= 0.6 is 0 Å². The van der Waals surface area contributed by atoms with Crippen molar-refractivity contribution in [2.24, 2.45) is 5.92 Å². The van der Waals surface area contributed by atoms with Crippen LogP contribution in [0.25, 0.3) is 0 Å². The van der Waals surface area contributed by atoms with Gasteiger partial charge in [-0.1, -0.05) is 6.92 Å². The Morgan fingerprint density at radius 1 is 1.35 bits per heavy atom. The van der Waals surface area contributed by atoms with Crippen LogP contribution in [-0.4, -0.2) is 72.7 Å². The second-order valence-electron chi connectivity index (χ2n) is 6.38. The van der Waals surface area contributed by atoms with Crippen molar-refractivity contribution in [1.29, 1.82) is 0 Å². The van der Waals surface area contributed by atoms with E-state index in [2.05, 4.69) is 29.1 Å². The molecule has 1 saturated heterocycles. The van der Waals surface area contributed by atoms with Crippen LogP contribution < -0.4 is 5.32 Å².